The first-order chi connectivity index (χ1) is 23.9. The van der Waals surface area contributed by atoms with E-state index < -0.39 is 0 Å². The number of nitrogens with one attached hydrogen (secondary N) is 1. The second-order valence-electron chi connectivity index (χ2n) is 13.1. The SMILES string of the molecule is COc1c2cc(C)cc1-c1nc3c(ccc4ccc5c(c43)NC(c3cc(C)cc(c3OC)-c3ccc4ccc6ccc-2nc6c4n3)N5C)o1. The quantitative estimate of drug-likeness (QED) is 0.187. The summed E-state index contributed by atoms with van der Waals surface area (Å²) in [4.78, 5) is 18.0. The smallest absolute Gasteiger partial charge is 0.231 e. The molecule has 1 N–H and O–H groups in total. The first-order valence-electron chi connectivity index (χ1n) is 16.3. The number of ether oxygens (including phenoxy) is 2. The maximum absolute atomic E-state index is 6.55. The second kappa shape index (κ2) is 9.93. The first-order valence-corrected chi connectivity index (χ1v) is 16.3. The van der Waals surface area contributed by atoms with Crippen LogP contribution in [0, 0.1) is 13.8 Å². The van der Waals surface area contributed by atoms with Gasteiger partial charge in [-0.3, -0.25) is 0 Å². The summed E-state index contributed by atoms with van der Waals surface area (Å²) in [7, 11) is 5.53. The van der Waals surface area contributed by atoms with Gasteiger partial charge in [0.25, 0.3) is 0 Å². The van der Waals surface area contributed by atoms with Crippen molar-refractivity contribution < 1.29 is 13.9 Å². The molecule has 8 nitrogen and oxygen atoms in total. The zero-order chi connectivity index (χ0) is 33.1. The molecule has 5 aromatic carbocycles. The van der Waals surface area contributed by atoms with Crippen LogP contribution in [0.2, 0.25) is 0 Å². The summed E-state index contributed by atoms with van der Waals surface area (Å²) in [6.45, 7) is 4.19. The van der Waals surface area contributed by atoms with Crippen molar-refractivity contribution in [3.05, 3.63) is 102 Å². The average molecular weight is 642 g/mol. The lowest BCUT2D eigenvalue weighted by molar-refractivity contribution is 0.408. The number of rotatable bonds is 2. The molecule has 0 saturated heterocycles. The maximum atomic E-state index is 6.55. The van der Waals surface area contributed by atoms with E-state index >= 15 is 0 Å². The van der Waals surface area contributed by atoms with Gasteiger partial charge in [0, 0.05) is 39.9 Å². The van der Waals surface area contributed by atoms with E-state index in [0.29, 0.717) is 17.2 Å². The van der Waals surface area contributed by atoms with Crippen molar-refractivity contribution in [1.29, 1.82) is 0 Å². The Hall–Kier alpha value is -6.15. The van der Waals surface area contributed by atoms with Gasteiger partial charge in [-0.25, -0.2) is 15.0 Å². The van der Waals surface area contributed by atoms with Crippen molar-refractivity contribution in [2.24, 2.45) is 0 Å². The molecule has 238 valence electrons. The lowest BCUT2D eigenvalue weighted by Crippen LogP contribution is -2.24. The van der Waals surface area contributed by atoms with Gasteiger partial charge in [0.05, 0.1) is 53.6 Å². The minimum Gasteiger partial charge on any atom is -0.496 e. The second-order valence-corrected chi connectivity index (χ2v) is 13.1. The number of aryl methyl sites for hydroxylation is 2. The number of hydrogen-bond acceptors (Lipinski definition) is 8. The van der Waals surface area contributed by atoms with Crippen molar-refractivity contribution in [2.45, 2.75) is 20.0 Å². The van der Waals surface area contributed by atoms with Gasteiger partial charge in [-0.2, -0.15) is 0 Å². The van der Waals surface area contributed by atoms with Crippen molar-refractivity contribution in [1.82, 2.24) is 15.0 Å². The molecule has 49 heavy (non-hydrogen) atoms. The number of hydrogen-bond donors (Lipinski definition) is 1. The molecule has 1 atom stereocenters. The Morgan fingerprint density at radius 2 is 1.24 bits per heavy atom. The molecule has 3 aromatic heterocycles. The van der Waals surface area contributed by atoms with Crippen LogP contribution in [-0.2, 0) is 0 Å². The fraction of sp³-hybridized carbons (Fsp3) is 0.146. The van der Waals surface area contributed by atoms with E-state index in [1.165, 1.54) is 0 Å². The zero-order valence-electron chi connectivity index (χ0n) is 27.7. The molecule has 8 aromatic rings. The third-order valence-corrected chi connectivity index (χ3v) is 10.1. The molecule has 12 bridgehead atoms. The first kappa shape index (κ1) is 27.9. The topological polar surface area (TPSA) is 85.5 Å². The molecule has 8 heteroatoms. The normalized spacial score (nSPS) is 14.6. The van der Waals surface area contributed by atoms with Gasteiger partial charge in [0.2, 0.25) is 5.89 Å². The molecular formula is C41H31N5O3. The van der Waals surface area contributed by atoms with Crippen molar-refractivity contribution >= 4 is 55.1 Å². The van der Waals surface area contributed by atoms with Crippen LogP contribution in [0.25, 0.3) is 77.6 Å². The van der Waals surface area contributed by atoms with Gasteiger partial charge in [-0.15, -0.1) is 0 Å². The molecule has 0 radical (unpaired) electrons. The van der Waals surface area contributed by atoms with E-state index in [0.717, 1.165) is 100.0 Å². The Bertz CT molecular complexity index is 2730. The fourth-order valence-electron chi connectivity index (χ4n) is 7.84. The predicted molar refractivity (Wildman–Crippen MR) is 196 cm³/mol. The molecule has 0 aliphatic carbocycles. The molecule has 0 saturated carbocycles. The van der Waals surface area contributed by atoms with Crippen LogP contribution < -0.4 is 19.7 Å². The van der Waals surface area contributed by atoms with E-state index in [1.807, 2.05) is 12.1 Å². The number of methoxy groups -OCH3 is 2. The van der Waals surface area contributed by atoms with Crippen LogP contribution in [0.1, 0.15) is 22.9 Å². The Kier molecular flexibility index (Phi) is 5.66. The van der Waals surface area contributed by atoms with Gasteiger partial charge in [-0.05, 0) is 78.9 Å². The van der Waals surface area contributed by atoms with Crippen LogP contribution in [0.15, 0.2) is 89.3 Å². The molecule has 5 heterocycles. The number of fused-ring (bicyclic) bond motifs is 12. The van der Waals surface area contributed by atoms with Crippen LogP contribution in [0.4, 0.5) is 11.4 Å². The molecule has 1 unspecified atom stereocenters. The van der Waals surface area contributed by atoms with Gasteiger partial charge in [0.1, 0.15) is 23.2 Å². The minimum atomic E-state index is -0.206. The highest BCUT2D eigenvalue weighted by atomic mass is 16.5. The number of oxazole rings is 1. The summed E-state index contributed by atoms with van der Waals surface area (Å²) in [6, 6.07) is 29.5. The van der Waals surface area contributed by atoms with E-state index in [4.69, 9.17) is 28.8 Å². The van der Waals surface area contributed by atoms with Gasteiger partial charge in [-0.1, -0.05) is 36.4 Å². The van der Waals surface area contributed by atoms with Crippen molar-refractivity contribution in [2.75, 3.05) is 31.5 Å². The molecule has 2 aliphatic rings. The summed E-state index contributed by atoms with van der Waals surface area (Å²) in [5.41, 5.74) is 12.5. The standard InChI is InChI=1S/C41H31N5O3/c1-20-16-25-29-12-8-23-6-7-24-9-13-30(43-35(24)34(23)42-29)26-17-21(2)19-28(39(26)48-5)41-45-37-32(49-41)15-11-22-10-14-31-36(33(22)37)44-40(46(31)3)27(18-20)38(25)47-4/h6-19,40,44H,1-5H3. The lowest BCUT2D eigenvalue weighted by Gasteiger charge is -2.26. The summed E-state index contributed by atoms with van der Waals surface area (Å²) in [5.74, 6) is 1.92. The highest BCUT2D eigenvalue weighted by molar-refractivity contribution is 6.15. The number of pyridine rings is 2. The summed E-state index contributed by atoms with van der Waals surface area (Å²) >= 11 is 0. The van der Waals surface area contributed by atoms with Crippen LogP contribution >= 0.6 is 0 Å². The average Bonchev–Trinajstić information content (AvgIpc) is 3.71. The van der Waals surface area contributed by atoms with Crippen LogP contribution in [-0.4, -0.2) is 36.2 Å². The van der Waals surface area contributed by atoms with Gasteiger partial charge in [0.15, 0.2) is 5.58 Å². The van der Waals surface area contributed by atoms with E-state index in [-0.39, 0.29) is 6.17 Å². The van der Waals surface area contributed by atoms with Crippen LogP contribution in [0.3, 0.4) is 0 Å². The van der Waals surface area contributed by atoms with Crippen LogP contribution in [0.5, 0.6) is 11.5 Å². The van der Waals surface area contributed by atoms with Crippen molar-refractivity contribution in [3.8, 4) is 45.5 Å². The Labute approximate surface area is 281 Å². The minimum absolute atomic E-state index is 0.206. The molecule has 0 fully saturated rings. The fourth-order valence-corrected chi connectivity index (χ4v) is 7.84. The molecular weight excluding hydrogens is 610 g/mol. The number of aromatic nitrogens is 3. The van der Waals surface area contributed by atoms with E-state index in [2.05, 4.69) is 104 Å². The van der Waals surface area contributed by atoms with Crippen molar-refractivity contribution in [3.63, 3.8) is 0 Å². The Balaban J connectivity index is 1.37. The number of nitrogens with zero attached hydrogens (tertiary/aromatic N) is 4. The summed E-state index contributed by atoms with van der Waals surface area (Å²) in [5, 5.41) is 7.95. The highest BCUT2D eigenvalue weighted by Crippen LogP contribution is 2.50. The molecule has 2 aliphatic heterocycles. The summed E-state index contributed by atoms with van der Waals surface area (Å²) < 4.78 is 18.9. The third-order valence-electron chi connectivity index (χ3n) is 10.1. The summed E-state index contributed by atoms with van der Waals surface area (Å²) in [6.07, 6.45) is -0.206. The maximum Gasteiger partial charge on any atom is 0.231 e. The number of benzene rings is 5. The van der Waals surface area contributed by atoms with E-state index in [1.54, 1.807) is 14.2 Å². The largest absolute Gasteiger partial charge is 0.496 e. The lowest BCUT2D eigenvalue weighted by atomic mass is 9.98. The molecule has 0 spiro atoms. The highest BCUT2D eigenvalue weighted by Gasteiger charge is 2.33. The van der Waals surface area contributed by atoms with E-state index in [9.17, 15) is 0 Å². The number of anilines is 2. The zero-order valence-corrected chi connectivity index (χ0v) is 27.7. The third kappa shape index (κ3) is 3.88. The molecule has 10 rings (SSSR count). The van der Waals surface area contributed by atoms with Gasteiger partial charge < -0.3 is 24.1 Å². The monoisotopic (exact) mass is 641 g/mol. The predicted octanol–water partition coefficient (Wildman–Crippen LogP) is 9.59. The molecule has 0 amide bonds. The van der Waals surface area contributed by atoms with Gasteiger partial charge >= 0.3 is 0 Å². The Morgan fingerprint density at radius 3 is 1.94 bits per heavy atom. The Morgan fingerprint density at radius 1 is 0.653 bits per heavy atom.